The molecule has 0 amide bonds. The van der Waals surface area contributed by atoms with Gasteiger partial charge in [-0.2, -0.15) is 5.26 Å². The van der Waals surface area contributed by atoms with Gasteiger partial charge in [-0.05, 0) is 44.5 Å². The van der Waals surface area contributed by atoms with Gasteiger partial charge in [0.2, 0.25) is 0 Å². The molecule has 4 nitrogen and oxygen atoms in total. The zero-order valence-electron chi connectivity index (χ0n) is 12.3. The van der Waals surface area contributed by atoms with Crippen LogP contribution >= 0.6 is 0 Å². The minimum absolute atomic E-state index is 0.0266. The minimum atomic E-state index is -0.632. The number of fused-ring (bicyclic) bond motifs is 1. The first-order valence-corrected chi connectivity index (χ1v) is 6.59. The van der Waals surface area contributed by atoms with Crippen molar-refractivity contribution in [3.8, 4) is 6.07 Å². The van der Waals surface area contributed by atoms with Crippen molar-refractivity contribution < 1.29 is 9.53 Å². The van der Waals surface area contributed by atoms with Crippen LogP contribution in [0, 0.1) is 11.3 Å². The number of rotatable bonds is 2. The summed E-state index contributed by atoms with van der Waals surface area (Å²) in [5.74, 6) is -0.620. The number of pyridine rings is 1. The third-order valence-corrected chi connectivity index (χ3v) is 2.72. The summed E-state index contributed by atoms with van der Waals surface area (Å²) in [7, 11) is 0. The second-order valence-corrected chi connectivity index (χ2v) is 5.59. The first kappa shape index (κ1) is 14.7. The highest BCUT2D eigenvalue weighted by atomic mass is 16.6. The Labute approximate surface area is 123 Å². The number of aromatic nitrogens is 1. The van der Waals surface area contributed by atoms with Crippen LogP contribution in [0.2, 0.25) is 0 Å². The molecule has 0 saturated carbocycles. The second-order valence-electron chi connectivity index (χ2n) is 5.59. The van der Waals surface area contributed by atoms with E-state index in [9.17, 15) is 10.1 Å². The van der Waals surface area contributed by atoms with Crippen molar-refractivity contribution in [2.45, 2.75) is 26.4 Å². The Morgan fingerprint density at radius 1 is 1.29 bits per heavy atom. The number of hydrogen-bond acceptors (Lipinski definition) is 4. The van der Waals surface area contributed by atoms with Crippen molar-refractivity contribution in [1.82, 2.24) is 4.98 Å². The highest BCUT2D eigenvalue weighted by molar-refractivity contribution is 6.00. The lowest BCUT2D eigenvalue weighted by molar-refractivity contribution is -0.149. The number of carbonyl (C=O) groups excluding carboxylic acids is 1. The molecule has 21 heavy (non-hydrogen) atoms. The van der Waals surface area contributed by atoms with E-state index in [1.165, 1.54) is 6.08 Å². The molecule has 0 saturated heterocycles. The summed E-state index contributed by atoms with van der Waals surface area (Å²) in [5, 5.41) is 10.1. The fourth-order valence-electron chi connectivity index (χ4n) is 1.87. The first-order chi connectivity index (χ1) is 9.90. The Morgan fingerprint density at radius 3 is 2.67 bits per heavy atom. The normalized spacial score (nSPS) is 12.0. The van der Waals surface area contributed by atoms with Crippen molar-refractivity contribution in [2.24, 2.45) is 0 Å². The van der Waals surface area contributed by atoms with Crippen molar-refractivity contribution in [2.75, 3.05) is 0 Å². The van der Waals surface area contributed by atoms with Gasteiger partial charge < -0.3 is 4.74 Å². The Balaban J connectivity index is 2.44. The average Bonchev–Trinajstić information content (AvgIpc) is 2.42. The smallest absolute Gasteiger partial charge is 0.349 e. The Morgan fingerprint density at radius 2 is 2.00 bits per heavy atom. The number of benzene rings is 1. The fourth-order valence-corrected chi connectivity index (χ4v) is 1.87. The fraction of sp³-hybridized carbons (Fsp3) is 0.235. The predicted molar refractivity (Wildman–Crippen MR) is 81.2 cm³/mol. The monoisotopic (exact) mass is 280 g/mol. The van der Waals surface area contributed by atoms with Crippen molar-refractivity contribution in [1.29, 1.82) is 5.26 Å². The molecule has 0 bridgehead atoms. The molecule has 1 aromatic heterocycles. The second kappa shape index (κ2) is 5.76. The molecular formula is C17H16N2O2. The molecular weight excluding hydrogens is 264 g/mol. The summed E-state index contributed by atoms with van der Waals surface area (Å²) in [5.41, 5.74) is 0.921. The summed E-state index contributed by atoms with van der Waals surface area (Å²) in [6.07, 6.45) is 3.19. The molecule has 0 aliphatic rings. The zero-order chi connectivity index (χ0) is 15.5. The van der Waals surface area contributed by atoms with Gasteiger partial charge in [-0.25, -0.2) is 4.79 Å². The number of carbonyl (C=O) groups is 1. The van der Waals surface area contributed by atoms with Crippen LogP contribution in [-0.4, -0.2) is 16.6 Å². The van der Waals surface area contributed by atoms with E-state index in [2.05, 4.69) is 4.98 Å². The molecule has 0 radical (unpaired) electrons. The highest BCUT2D eigenvalue weighted by Gasteiger charge is 2.20. The van der Waals surface area contributed by atoms with Crippen LogP contribution in [0.5, 0.6) is 0 Å². The summed E-state index contributed by atoms with van der Waals surface area (Å²) in [4.78, 5) is 16.3. The summed E-state index contributed by atoms with van der Waals surface area (Å²) < 4.78 is 5.23. The maximum Gasteiger partial charge on any atom is 0.349 e. The lowest BCUT2D eigenvalue weighted by Crippen LogP contribution is -2.24. The number of hydrogen-bond donors (Lipinski definition) is 0. The summed E-state index contributed by atoms with van der Waals surface area (Å²) in [6, 6.07) is 11.2. The van der Waals surface area contributed by atoms with E-state index in [1.807, 2.05) is 30.3 Å². The van der Waals surface area contributed by atoms with Gasteiger partial charge in [0.25, 0.3) is 0 Å². The number of esters is 1. The van der Waals surface area contributed by atoms with Crippen LogP contribution in [0.1, 0.15) is 26.3 Å². The lowest BCUT2D eigenvalue weighted by Gasteiger charge is -2.19. The van der Waals surface area contributed by atoms with E-state index >= 15 is 0 Å². The van der Waals surface area contributed by atoms with Crippen molar-refractivity contribution >= 4 is 22.9 Å². The van der Waals surface area contributed by atoms with Crippen molar-refractivity contribution in [3.05, 3.63) is 47.7 Å². The molecule has 4 heteroatoms. The largest absolute Gasteiger partial charge is 0.456 e. The predicted octanol–water partition coefficient (Wildman–Crippen LogP) is 3.48. The first-order valence-electron chi connectivity index (χ1n) is 6.59. The molecule has 2 rings (SSSR count). The third kappa shape index (κ3) is 3.67. The summed E-state index contributed by atoms with van der Waals surface area (Å²) >= 11 is 0. The third-order valence-electron chi connectivity index (χ3n) is 2.72. The van der Waals surface area contributed by atoms with Gasteiger partial charge >= 0.3 is 5.97 Å². The SMILES string of the molecule is CC(C)(C)OC(=O)C(C#N)=Cc1ccnc2ccccc12. The van der Waals surface area contributed by atoms with E-state index in [4.69, 9.17) is 4.74 Å². The van der Waals surface area contributed by atoms with Crippen LogP contribution in [0.4, 0.5) is 0 Å². The van der Waals surface area contributed by atoms with Crippen LogP contribution in [0.3, 0.4) is 0 Å². The quantitative estimate of drug-likeness (QED) is 0.480. The molecule has 1 heterocycles. The van der Waals surface area contributed by atoms with Gasteiger partial charge in [-0.15, -0.1) is 0 Å². The van der Waals surface area contributed by atoms with Crippen LogP contribution in [0.25, 0.3) is 17.0 Å². The molecule has 0 spiro atoms. The average molecular weight is 280 g/mol. The van der Waals surface area contributed by atoms with Gasteiger partial charge in [0.05, 0.1) is 5.52 Å². The standard InChI is InChI=1S/C17H16N2O2/c1-17(2,3)21-16(20)13(11-18)10-12-8-9-19-15-7-5-4-6-14(12)15/h4-10H,1-3H3. The van der Waals surface area contributed by atoms with Crippen LogP contribution in [0.15, 0.2) is 42.1 Å². The zero-order valence-corrected chi connectivity index (χ0v) is 12.3. The maximum atomic E-state index is 12.0. The molecule has 1 aromatic carbocycles. The number of nitriles is 1. The van der Waals surface area contributed by atoms with Crippen LogP contribution in [-0.2, 0) is 9.53 Å². The maximum absolute atomic E-state index is 12.0. The molecule has 0 unspecified atom stereocenters. The molecule has 0 atom stereocenters. The molecule has 106 valence electrons. The van der Waals surface area contributed by atoms with E-state index in [0.717, 1.165) is 16.5 Å². The number of nitrogens with zero attached hydrogens (tertiary/aromatic N) is 2. The van der Waals surface area contributed by atoms with Gasteiger partial charge in [-0.1, -0.05) is 18.2 Å². The van der Waals surface area contributed by atoms with E-state index in [-0.39, 0.29) is 5.57 Å². The van der Waals surface area contributed by atoms with E-state index in [0.29, 0.717) is 0 Å². The van der Waals surface area contributed by atoms with Gasteiger partial charge in [0.1, 0.15) is 17.2 Å². The van der Waals surface area contributed by atoms with E-state index in [1.54, 1.807) is 33.0 Å². The number of para-hydroxylation sites is 1. The molecule has 0 aliphatic heterocycles. The number of ether oxygens (including phenoxy) is 1. The Bertz CT molecular complexity index is 744. The van der Waals surface area contributed by atoms with Gasteiger partial charge in [0, 0.05) is 11.6 Å². The van der Waals surface area contributed by atoms with Crippen molar-refractivity contribution in [3.63, 3.8) is 0 Å². The molecule has 0 N–H and O–H groups in total. The Kier molecular flexibility index (Phi) is 4.04. The van der Waals surface area contributed by atoms with Gasteiger partial charge in [0.15, 0.2) is 0 Å². The molecule has 0 fully saturated rings. The molecule has 2 aromatic rings. The van der Waals surface area contributed by atoms with Crippen LogP contribution < -0.4 is 0 Å². The van der Waals surface area contributed by atoms with E-state index < -0.39 is 11.6 Å². The molecule has 0 aliphatic carbocycles. The topological polar surface area (TPSA) is 63.0 Å². The highest BCUT2D eigenvalue weighted by Crippen LogP contribution is 2.20. The lowest BCUT2D eigenvalue weighted by atomic mass is 10.1. The Hall–Kier alpha value is -2.67. The van der Waals surface area contributed by atoms with Gasteiger partial charge in [-0.3, -0.25) is 4.98 Å². The minimum Gasteiger partial charge on any atom is -0.456 e. The summed E-state index contributed by atoms with van der Waals surface area (Å²) in [6.45, 7) is 5.30.